The van der Waals surface area contributed by atoms with Gasteiger partial charge in [-0.1, -0.05) is 24.3 Å². The van der Waals surface area contributed by atoms with Crippen molar-refractivity contribution in [3.63, 3.8) is 0 Å². The number of ether oxygens (including phenoxy) is 1. The smallest absolute Gasteiger partial charge is 0.268 e. The number of hydrogen-bond donors (Lipinski definition) is 1. The first-order valence-corrected chi connectivity index (χ1v) is 8.68. The number of nitrogens with zero attached hydrogens (tertiary/aromatic N) is 1. The van der Waals surface area contributed by atoms with Crippen LogP contribution in [0.15, 0.2) is 47.1 Å². The van der Waals surface area contributed by atoms with Crippen molar-refractivity contribution in [1.82, 2.24) is 9.88 Å². The number of aromatic nitrogens is 1. The molecule has 132 valence electrons. The minimum atomic E-state index is -0.0866. The number of aryl methyl sites for hydroxylation is 1. The van der Waals surface area contributed by atoms with Crippen LogP contribution in [0.25, 0.3) is 11.1 Å². The van der Waals surface area contributed by atoms with Gasteiger partial charge in [0.15, 0.2) is 5.58 Å². The molecule has 5 nitrogen and oxygen atoms in total. The van der Waals surface area contributed by atoms with Gasteiger partial charge in [0, 0.05) is 38.4 Å². The monoisotopic (exact) mass is 340 g/mol. The lowest BCUT2D eigenvalue weighted by atomic mass is 10.1. The van der Waals surface area contributed by atoms with E-state index in [1.54, 1.807) is 6.26 Å². The predicted octanol–water partition coefficient (Wildman–Crippen LogP) is 3.75. The molecule has 2 aromatic heterocycles. The summed E-state index contributed by atoms with van der Waals surface area (Å²) in [5.41, 5.74) is 4.67. The SMILES string of the molecule is CCOCCCNC(=O)c1cc2occc2n1Cc1ccccc1C. The van der Waals surface area contributed by atoms with Crippen molar-refractivity contribution in [2.24, 2.45) is 0 Å². The molecule has 0 aliphatic heterocycles. The zero-order valence-corrected chi connectivity index (χ0v) is 14.7. The van der Waals surface area contributed by atoms with Crippen molar-refractivity contribution in [2.75, 3.05) is 19.8 Å². The van der Waals surface area contributed by atoms with Gasteiger partial charge in [-0.3, -0.25) is 4.79 Å². The molecular formula is C20H24N2O3. The van der Waals surface area contributed by atoms with E-state index in [0.29, 0.717) is 32.0 Å². The van der Waals surface area contributed by atoms with E-state index >= 15 is 0 Å². The van der Waals surface area contributed by atoms with Crippen LogP contribution in [0.1, 0.15) is 35.0 Å². The molecule has 1 amide bonds. The zero-order valence-electron chi connectivity index (χ0n) is 14.7. The number of carbonyl (C=O) groups is 1. The molecule has 0 fully saturated rings. The number of rotatable bonds is 8. The van der Waals surface area contributed by atoms with Gasteiger partial charge in [-0.25, -0.2) is 0 Å². The van der Waals surface area contributed by atoms with E-state index in [2.05, 4.69) is 24.4 Å². The Bertz CT molecular complexity index is 848. The Morgan fingerprint density at radius 2 is 2.12 bits per heavy atom. The third-order valence-electron chi connectivity index (χ3n) is 4.30. The molecule has 3 rings (SSSR count). The fraction of sp³-hybridized carbons (Fsp3) is 0.350. The van der Waals surface area contributed by atoms with Gasteiger partial charge >= 0.3 is 0 Å². The third-order valence-corrected chi connectivity index (χ3v) is 4.30. The van der Waals surface area contributed by atoms with E-state index in [1.807, 2.05) is 35.8 Å². The minimum absolute atomic E-state index is 0.0866. The second-order valence-corrected chi connectivity index (χ2v) is 6.02. The van der Waals surface area contributed by atoms with Crippen LogP contribution >= 0.6 is 0 Å². The van der Waals surface area contributed by atoms with Crippen LogP contribution in [-0.2, 0) is 11.3 Å². The second kappa shape index (κ2) is 8.03. The normalized spacial score (nSPS) is 11.1. The number of carbonyl (C=O) groups excluding carboxylic acids is 1. The molecule has 25 heavy (non-hydrogen) atoms. The lowest BCUT2D eigenvalue weighted by molar-refractivity contribution is 0.0936. The Hall–Kier alpha value is -2.53. The summed E-state index contributed by atoms with van der Waals surface area (Å²) in [5.74, 6) is -0.0866. The molecule has 0 radical (unpaired) electrons. The summed E-state index contributed by atoms with van der Waals surface area (Å²) in [4.78, 5) is 12.6. The van der Waals surface area contributed by atoms with Crippen LogP contribution in [0.2, 0.25) is 0 Å². The molecule has 0 atom stereocenters. The summed E-state index contributed by atoms with van der Waals surface area (Å²) in [6, 6.07) is 11.9. The third kappa shape index (κ3) is 3.94. The minimum Gasteiger partial charge on any atom is -0.463 e. The molecule has 0 saturated carbocycles. The number of furan rings is 1. The molecule has 3 aromatic rings. The Balaban J connectivity index is 1.79. The number of fused-ring (bicyclic) bond motifs is 1. The highest BCUT2D eigenvalue weighted by atomic mass is 16.5. The first-order valence-electron chi connectivity index (χ1n) is 8.68. The van der Waals surface area contributed by atoms with E-state index in [1.165, 1.54) is 11.1 Å². The van der Waals surface area contributed by atoms with E-state index in [0.717, 1.165) is 17.5 Å². The molecule has 0 bridgehead atoms. The van der Waals surface area contributed by atoms with Crippen LogP contribution in [-0.4, -0.2) is 30.2 Å². The van der Waals surface area contributed by atoms with Crippen molar-refractivity contribution in [2.45, 2.75) is 26.8 Å². The largest absolute Gasteiger partial charge is 0.463 e. The topological polar surface area (TPSA) is 56.4 Å². The number of hydrogen-bond acceptors (Lipinski definition) is 3. The van der Waals surface area contributed by atoms with Crippen LogP contribution in [0.4, 0.5) is 0 Å². The highest BCUT2D eigenvalue weighted by Gasteiger charge is 2.17. The quantitative estimate of drug-likeness (QED) is 0.636. The Labute approximate surface area is 147 Å². The van der Waals surface area contributed by atoms with Gasteiger partial charge in [0.25, 0.3) is 5.91 Å². The average molecular weight is 340 g/mol. The summed E-state index contributed by atoms with van der Waals surface area (Å²) in [6.07, 6.45) is 2.46. The molecule has 0 unspecified atom stereocenters. The maximum atomic E-state index is 12.6. The van der Waals surface area contributed by atoms with Gasteiger partial charge in [-0.2, -0.15) is 0 Å². The van der Waals surface area contributed by atoms with Gasteiger partial charge < -0.3 is 19.0 Å². The standard InChI is InChI=1S/C20H24N2O3/c1-3-24-11-6-10-21-20(23)18-13-19-17(9-12-25-19)22(18)14-16-8-5-4-7-15(16)2/h4-5,7-9,12-13H,3,6,10-11,14H2,1-2H3,(H,21,23). The van der Waals surface area contributed by atoms with Gasteiger partial charge in [-0.15, -0.1) is 0 Å². The number of nitrogens with one attached hydrogen (secondary N) is 1. The Kier molecular flexibility index (Phi) is 5.56. The summed E-state index contributed by atoms with van der Waals surface area (Å²) < 4.78 is 12.8. The molecule has 5 heteroatoms. The fourth-order valence-electron chi connectivity index (χ4n) is 2.90. The number of benzene rings is 1. The van der Waals surface area contributed by atoms with Crippen LogP contribution in [0.3, 0.4) is 0 Å². The van der Waals surface area contributed by atoms with Gasteiger partial charge in [0.05, 0.1) is 11.8 Å². The maximum absolute atomic E-state index is 12.6. The van der Waals surface area contributed by atoms with E-state index < -0.39 is 0 Å². The van der Waals surface area contributed by atoms with E-state index in [-0.39, 0.29) is 5.91 Å². The highest BCUT2D eigenvalue weighted by Crippen LogP contribution is 2.23. The molecule has 0 saturated heterocycles. The summed E-state index contributed by atoms with van der Waals surface area (Å²) in [5, 5.41) is 2.97. The van der Waals surface area contributed by atoms with Gasteiger partial charge in [0.1, 0.15) is 5.69 Å². The summed E-state index contributed by atoms with van der Waals surface area (Å²) in [7, 11) is 0. The predicted molar refractivity (Wildman–Crippen MR) is 97.9 cm³/mol. The molecule has 1 N–H and O–H groups in total. The molecular weight excluding hydrogens is 316 g/mol. The summed E-state index contributed by atoms with van der Waals surface area (Å²) >= 11 is 0. The second-order valence-electron chi connectivity index (χ2n) is 6.02. The first kappa shape index (κ1) is 17.3. The Morgan fingerprint density at radius 3 is 2.92 bits per heavy atom. The molecule has 1 aromatic carbocycles. The van der Waals surface area contributed by atoms with Crippen molar-refractivity contribution in [3.8, 4) is 0 Å². The molecule has 0 aliphatic carbocycles. The van der Waals surface area contributed by atoms with Gasteiger partial charge in [0.2, 0.25) is 0 Å². The highest BCUT2D eigenvalue weighted by molar-refractivity contribution is 5.97. The Morgan fingerprint density at radius 1 is 1.28 bits per heavy atom. The van der Waals surface area contributed by atoms with Crippen LogP contribution in [0, 0.1) is 6.92 Å². The lowest BCUT2D eigenvalue weighted by Crippen LogP contribution is -2.27. The van der Waals surface area contributed by atoms with Crippen molar-refractivity contribution >= 4 is 17.0 Å². The fourth-order valence-corrected chi connectivity index (χ4v) is 2.90. The van der Waals surface area contributed by atoms with Gasteiger partial charge in [-0.05, 0) is 31.4 Å². The van der Waals surface area contributed by atoms with Crippen molar-refractivity contribution < 1.29 is 13.9 Å². The lowest BCUT2D eigenvalue weighted by Gasteiger charge is -2.12. The van der Waals surface area contributed by atoms with Crippen molar-refractivity contribution in [1.29, 1.82) is 0 Å². The summed E-state index contributed by atoms with van der Waals surface area (Å²) in [6.45, 7) is 6.63. The van der Waals surface area contributed by atoms with E-state index in [4.69, 9.17) is 9.15 Å². The first-order chi connectivity index (χ1) is 12.2. The molecule has 2 heterocycles. The van der Waals surface area contributed by atoms with Crippen LogP contribution in [0.5, 0.6) is 0 Å². The van der Waals surface area contributed by atoms with E-state index in [9.17, 15) is 4.79 Å². The molecule has 0 aliphatic rings. The molecule has 0 spiro atoms. The van der Waals surface area contributed by atoms with Crippen molar-refractivity contribution in [3.05, 3.63) is 59.5 Å². The van der Waals surface area contributed by atoms with Crippen LogP contribution < -0.4 is 5.32 Å². The average Bonchev–Trinajstić information content (AvgIpc) is 3.19. The maximum Gasteiger partial charge on any atom is 0.268 e. The number of amides is 1. The zero-order chi connectivity index (χ0) is 17.6.